The molecule has 0 atom stereocenters. The number of hydrogen-bond acceptors (Lipinski definition) is 4. The van der Waals surface area contributed by atoms with E-state index in [1.807, 2.05) is 12.1 Å². The zero-order valence-electron chi connectivity index (χ0n) is 16.0. The van der Waals surface area contributed by atoms with Crippen molar-refractivity contribution >= 4 is 27.5 Å². The third-order valence-corrected chi connectivity index (χ3v) is 7.83. The average molecular weight is 435 g/mol. The van der Waals surface area contributed by atoms with Crippen LogP contribution in [0.15, 0.2) is 59.5 Å². The lowest BCUT2D eigenvalue weighted by Crippen LogP contribution is -2.55. The quantitative estimate of drug-likeness (QED) is 0.742. The largest absolute Gasteiger partial charge is 0.358 e. The molecule has 2 aliphatic rings. The highest BCUT2D eigenvalue weighted by Gasteiger charge is 2.50. The Balaban J connectivity index is 1.45. The van der Waals surface area contributed by atoms with Crippen molar-refractivity contribution in [2.24, 2.45) is 0 Å². The Labute approximate surface area is 176 Å². The number of hydrogen-bond donors (Lipinski definition) is 0. The molecule has 2 aromatic carbocycles. The number of carbonyl (C=O) groups excluding carboxylic acids is 1. The second kappa shape index (κ2) is 8.07. The summed E-state index contributed by atoms with van der Waals surface area (Å²) in [6.45, 7) is 1.63. The number of nitrogens with zero attached hydrogens (tertiary/aromatic N) is 2. The van der Waals surface area contributed by atoms with Gasteiger partial charge in [-0.05, 0) is 29.8 Å². The minimum absolute atomic E-state index is 0.0256. The molecule has 0 aliphatic carbocycles. The van der Waals surface area contributed by atoms with E-state index in [-0.39, 0.29) is 10.8 Å². The SMILES string of the molecule is O=C(Cc1ccc(Cl)cc1)N1CCC2(CC1)OCCN2S(=O)(=O)c1ccccc1. The van der Waals surface area contributed by atoms with Crippen LogP contribution in [-0.2, 0) is 26.0 Å². The van der Waals surface area contributed by atoms with Gasteiger partial charge in [0.05, 0.1) is 17.9 Å². The molecular weight excluding hydrogens is 412 g/mol. The molecule has 0 aromatic heterocycles. The lowest BCUT2D eigenvalue weighted by atomic mass is 10.00. The fourth-order valence-corrected chi connectivity index (χ4v) is 5.91. The molecule has 0 saturated carbocycles. The van der Waals surface area contributed by atoms with Gasteiger partial charge in [0.15, 0.2) is 0 Å². The van der Waals surface area contributed by atoms with Crippen LogP contribution in [0.2, 0.25) is 5.02 Å². The fraction of sp³-hybridized carbons (Fsp3) is 0.381. The van der Waals surface area contributed by atoms with Gasteiger partial charge >= 0.3 is 0 Å². The van der Waals surface area contributed by atoms with E-state index in [0.717, 1.165) is 5.56 Å². The van der Waals surface area contributed by atoms with E-state index < -0.39 is 15.7 Å². The zero-order valence-corrected chi connectivity index (χ0v) is 17.5. The van der Waals surface area contributed by atoms with Gasteiger partial charge in [0, 0.05) is 37.5 Å². The molecule has 1 amide bonds. The molecule has 2 fully saturated rings. The molecule has 0 N–H and O–H groups in total. The van der Waals surface area contributed by atoms with Crippen molar-refractivity contribution in [2.75, 3.05) is 26.2 Å². The average Bonchev–Trinajstić information content (AvgIpc) is 3.14. The molecule has 0 bridgehead atoms. The topological polar surface area (TPSA) is 66.9 Å². The van der Waals surface area contributed by atoms with Crippen LogP contribution < -0.4 is 0 Å². The van der Waals surface area contributed by atoms with Crippen molar-refractivity contribution in [1.82, 2.24) is 9.21 Å². The first-order valence-electron chi connectivity index (χ1n) is 9.65. The Morgan fingerprint density at radius 2 is 1.66 bits per heavy atom. The monoisotopic (exact) mass is 434 g/mol. The fourth-order valence-electron chi connectivity index (χ4n) is 4.04. The maximum atomic E-state index is 13.1. The maximum absolute atomic E-state index is 13.1. The molecule has 8 heteroatoms. The van der Waals surface area contributed by atoms with E-state index in [4.69, 9.17) is 16.3 Å². The lowest BCUT2D eigenvalue weighted by Gasteiger charge is -2.42. The minimum atomic E-state index is -3.64. The Morgan fingerprint density at radius 3 is 2.31 bits per heavy atom. The maximum Gasteiger partial charge on any atom is 0.245 e. The molecule has 2 saturated heterocycles. The summed E-state index contributed by atoms with van der Waals surface area (Å²) in [5.74, 6) is 0.0256. The third kappa shape index (κ3) is 4.05. The molecule has 4 rings (SSSR count). The van der Waals surface area contributed by atoms with Gasteiger partial charge in [-0.25, -0.2) is 8.42 Å². The normalized spacial score (nSPS) is 19.6. The van der Waals surface area contributed by atoms with Crippen LogP contribution in [0.3, 0.4) is 0 Å². The highest BCUT2D eigenvalue weighted by molar-refractivity contribution is 7.89. The van der Waals surface area contributed by atoms with Crippen LogP contribution in [-0.4, -0.2) is 55.5 Å². The Bertz CT molecular complexity index is 972. The number of benzene rings is 2. The molecule has 2 aromatic rings. The summed E-state index contributed by atoms with van der Waals surface area (Å²) in [6.07, 6.45) is 1.23. The van der Waals surface area contributed by atoms with E-state index in [1.54, 1.807) is 47.4 Å². The first-order valence-corrected chi connectivity index (χ1v) is 11.5. The zero-order chi connectivity index (χ0) is 20.5. The van der Waals surface area contributed by atoms with Crippen molar-refractivity contribution in [1.29, 1.82) is 0 Å². The Hall–Kier alpha value is -1.93. The van der Waals surface area contributed by atoms with Crippen molar-refractivity contribution < 1.29 is 17.9 Å². The van der Waals surface area contributed by atoms with Crippen LogP contribution in [0.5, 0.6) is 0 Å². The second-order valence-corrected chi connectivity index (χ2v) is 9.67. The number of ether oxygens (including phenoxy) is 1. The van der Waals surface area contributed by atoms with E-state index in [0.29, 0.717) is 50.5 Å². The number of carbonyl (C=O) groups is 1. The molecule has 1 spiro atoms. The predicted molar refractivity (Wildman–Crippen MR) is 110 cm³/mol. The number of rotatable bonds is 4. The van der Waals surface area contributed by atoms with Crippen molar-refractivity contribution in [2.45, 2.75) is 29.9 Å². The number of likely N-dealkylation sites (tertiary alicyclic amines) is 1. The Kier molecular flexibility index (Phi) is 5.66. The first kappa shape index (κ1) is 20.3. The summed E-state index contributed by atoms with van der Waals surface area (Å²) in [5.41, 5.74) is 0.0382. The summed E-state index contributed by atoms with van der Waals surface area (Å²) in [7, 11) is -3.64. The van der Waals surface area contributed by atoms with E-state index in [1.165, 1.54) is 4.31 Å². The van der Waals surface area contributed by atoms with Gasteiger partial charge in [-0.3, -0.25) is 4.79 Å². The first-order chi connectivity index (χ1) is 13.9. The number of halogens is 1. The van der Waals surface area contributed by atoms with Crippen LogP contribution in [0.25, 0.3) is 0 Å². The summed E-state index contributed by atoms with van der Waals surface area (Å²) < 4.78 is 33.7. The molecule has 2 aliphatic heterocycles. The van der Waals surface area contributed by atoms with Gasteiger partial charge in [0.25, 0.3) is 0 Å². The van der Waals surface area contributed by atoms with Gasteiger partial charge in [-0.15, -0.1) is 0 Å². The van der Waals surface area contributed by atoms with Gasteiger partial charge in [0.2, 0.25) is 15.9 Å². The molecule has 6 nitrogen and oxygen atoms in total. The summed E-state index contributed by atoms with van der Waals surface area (Å²) in [4.78, 5) is 14.7. The van der Waals surface area contributed by atoms with Crippen molar-refractivity contribution in [3.63, 3.8) is 0 Å². The smallest absolute Gasteiger partial charge is 0.245 e. The highest BCUT2D eigenvalue weighted by Crippen LogP contribution is 2.38. The third-order valence-electron chi connectivity index (χ3n) is 5.62. The number of piperidine rings is 1. The van der Waals surface area contributed by atoms with Crippen LogP contribution >= 0.6 is 11.6 Å². The predicted octanol–water partition coefficient (Wildman–Crippen LogP) is 2.92. The minimum Gasteiger partial charge on any atom is -0.358 e. The van der Waals surface area contributed by atoms with Crippen LogP contribution in [0.4, 0.5) is 0 Å². The molecule has 154 valence electrons. The van der Waals surface area contributed by atoms with E-state index >= 15 is 0 Å². The lowest BCUT2D eigenvalue weighted by molar-refractivity contribution is -0.139. The van der Waals surface area contributed by atoms with Crippen LogP contribution in [0.1, 0.15) is 18.4 Å². The molecule has 0 radical (unpaired) electrons. The standard InChI is InChI=1S/C21H23ClN2O4S/c22-18-8-6-17(7-9-18)16-20(25)23-12-10-21(11-13-23)24(14-15-28-21)29(26,27)19-4-2-1-3-5-19/h1-9H,10-16H2. The highest BCUT2D eigenvalue weighted by atomic mass is 35.5. The molecular formula is C21H23ClN2O4S. The van der Waals surface area contributed by atoms with Gasteiger partial charge in [0.1, 0.15) is 5.72 Å². The van der Waals surface area contributed by atoms with Gasteiger partial charge in [-0.1, -0.05) is 41.9 Å². The molecule has 29 heavy (non-hydrogen) atoms. The van der Waals surface area contributed by atoms with Crippen LogP contribution in [0, 0.1) is 0 Å². The number of sulfonamides is 1. The van der Waals surface area contributed by atoms with E-state index in [9.17, 15) is 13.2 Å². The van der Waals surface area contributed by atoms with Crippen molar-refractivity contribution in [3.05, 3.63) is 65.2 Å². The second-order valence-electron chi connectivity index (χ2n) is 7.37. The molecule has 2 heterocycles. The Morgan fingerprint density at radius 1 is 1.00 bits per heavy atom. The summed E-state index contributed by atoms with van der Waals surface area (Å²) in [6, 6.07) is 15.7. The van der Waals surface area contributed by atoms with Crippen molar-refractivity contribution in [3.8, 4) is 0 Å². The van der Waals surface area contributed by atoms with E-state index in [2.05, 4.69) is 0 Å². The molecule has 0 unspecified atom stereocenters. The summed E-state index contributed by atoms with van der Waals surface area (Å²) >= 11 is 5.90. The van der Waals surface area contributed by atoms with Gasteiger partial charge < -0.3 is 9.64 Å². The summed E-state index contributed by atoms with van der Waals surface area (Å²) in [5, 5.41) is 0.638. The number of amides is 1. The van der Waals surface area contributed by atoms with Gasteiger partial charge in [-0.2, -0.15) is 4.31 Å².